The van der Waals surface area contributed by atoms with Gasteiger partial charge >= 0.3 is 12.4 Å². The minimum Gasteiger partial charge on any atom is -0.309 e. The summed E-state index contributed by atoms with van der Waals surface area (Å²) >= 11 is 0. The van der Waals surface area contributed by atoms with Gasteiger partial charge in [0.2, 0.25) is 0 Å². The Labute approximate surface area is 397 Å². The van der Waals surface area contributed by atoms with Gasteiger partial charge in [0.05, 0.1) is 50.3 Å². The standard InChI is InChI=1S/C60H36F6N4/c61-59(62,63)48-28-14-10-24-41(48)46-34-39(58-67-50(37-18-4-1-5-19-37)36-51(68-58)38-20-6-2-7-21-38)35-47(42-25-11-15-29-49(42)60(64,65)66)56(46)70-53-31-17-13-27-45(53)55-54(70)33-32-44-43-26-12-16-30-52(43)69(57(44)55)40-22-8-3-9-23-40/h1-36H. The lowest BCUT2D eigenvalue weighted by molar-refractivity contribution is -0.137. The highest BCUT2D eigenvalue weighted by atomic mass is 19.4. The molecule has 0 radical (unpaired) electrons. The molecule has 0 unspecified atom stereocenters. The summed E-state index contributed by atoms with van der Waals surface area (Å²) in [6.07, 6.45) is -9.72. The molecule has 0 saturated carbocycles. The minimum absolute atomic E-state index is 0.0266. The number of fused-ring (bicyclic) bond motifs is 7. The zero-order valence-electron chi connectivity index (χ0n) is 36.8. The third-order valence-corrected chi connectivity index (χ3v) is 13.0. The number of benzene rings is 9. The fourth-order valence-electron chi connectivity index (χ4n) is 10.0. The second kappa shape index (κ2) is 16.5. The summed E-state index contributed by atoms with van der Waals surface area (Å²) in [7, 11) is 0. The molecule has 12 aromatic rings. The number of aromatic nitrogens is 4. The van der Waals surface area contributed by atoms with Crippen molar-refractivity contribution in [3.8, 4) is 67.5 Å². The Hall–Kier alpha value is -8.76. The third-order valence-electron chi connectivity index (χ3n) is 13.0. The largest absolute Gasteiger partial charge is 0.417 e. The van der Waals surface area contributed by atoms with Crippen LogP contribution in [0.2, 0.25) is 0 Å². The van der Waals surface area contributed by atoms with Crippen LogP contribution in [0.3, 0.4) is 0 Å². The van der Waals surface area contributed by atoms with Crippen molar-refractivity contribution in [2.75, 3.05) is 0 Å². The molecule has 0 N–H and O–H groups in total. The van der Waals surface area contributed by atoms with Gasteiger partial charge in [-0.3, -0.25) is 0 Å². The molecule has 0 aliphatic carbocycles. The van der Waals surface area contributed by atoms with Gasteiger partial charge in [-0.05, 0) is 71.8 Å². The molecule has 12 rings (SSSR count). The van der Waals surface area contributed by atoms with E-state index >= 15 is 26.3 Å². The number of hydrogen-bond acceptors (Lipinski definition) is 2. The van der Waals surface area contributed by atoms with Crippen molar-refractivity contribution in [2.45, 2.75) is 12.4 Å². The van der Waals surface area contributed by atoms with Crippen molar-refractivity contribution in [1.82, 2.24) is 19.1 Å². The monoisotopic (exact) mass is 926 g/mol. The molecule has 338 valence electrons. The molecule has 0 amide bonds. The van der Waals surface area contributed by atoms with E-state index in [1.807, 2.05) is 156 Å². The van der Waals surface area contributed by atoms with Crippen molar-refractivity contribution in [3.05, 3.63) is 230 Å². The molecule has 0 saturated heterocycles. The Balaban J connectivity index is 1.28. The predicted molar refractivity (Wildman–Crippen MR) is 268 cm³/mol. The van der Waals surface area contributed by atoms with Gasteiger partial charge in [0.1, 0.15) is 0 Å². The summed E-state index contributed by atoms with van der Waals surface area (Å²) in [4.78, 5) is 10.1. The topological polar surface area (TPSA) is 35.6 Å². The minimum atomic E-state index is -4.86. The number of para-hydroxylation sites is 3. The highest BCUT2D eigenvalue weighted by molar-refractivity contribution is 6.26. The van der Waals surface area contributed by atoms with Crippen LogP contribution >= 0.6 is 0 Å². The van der Waals surface area contributed by atoms with Crippen LogP contribution in [0.25, 0.3) is 111 Å². The van der Waals surface area contributed by atoms with E-state index in [1.54, 1.807) is 12.1 Å². The average molecular weight is 927 g/mol. The SMILES string of the molecule is FC(F)(F)c1ccccc1-c1cc(-c2nc(-c3ccccc3)cc(-c3ccccc3)n2)cc(-c2ccccc2C(F)(F)F)c1-n1c2ccccc2c2c1ccc1c3ccccc3n(-c3ccccc3)c12. The lowest BCUT2D eigenvalue weighted by atomic mass is 9.88. The molecule has 3 heterocycles. The van der Waals surface area contributed by atoms with Gasteiger partial charge < -0.3 is 9.13 Å². The van der Waals surface area contributed by atoms with E-state index in [0.29, 0.717) is 22.4 Å². The number of hydrogen-bond donors (Lipinski definition) is 0. The van der Waals surface area contributed by atoms with Crippen molar-refractivity contribution in [1.29, 1.82) is 0 Å². The molecule has 0 aliphatic heterocycles. The van der Waals surface area contributed by atoms with Gasteiger partial charge in [-0.25, -0.2) is 9.97 Å². The molecule has 9 aromatic carbocycles. The fraction of sp³-hybridized carbons (Fsp3) is 0.0333. The van der Waals surface area contributed by atoms with E-state index in [0.717, 1.165) is 61.5 Å². The third kappa shape index (κ3) is 7.10. The van der Waals surface area contributed by atoms with Crippen LogP contribution in [0.4, 0.5) is 26.3 Å². The van der Waals surface area contributed by atoms with Crippen LogP contribution in [0.5, 0.6) is 0 Å². The highest BCUT2D eigenvalue weighted by Crippen LogP contribution is 2.50. The number of rotatable bonds is 7. The van der Waals surface area contributed by atoms with Gasteiger partial charge in [0.15, 0.2) is 5.82 Å². The molecule has 0 spiro atoms. The maximum atomic E-state index is 15.6. The van der Waals surface area contributed by atoms with E-state index < -0.39 is 23.5 Å². The van der Waals surface area contributed by atoms with Crippen LogP contribution in [0.1, 0.15) is 11.1 Å². The first kappa shape index (κ1) is 42.6. The smallest absolute Gasteiger partial charge is 0.309 e. The van der Waals surface area contributed by atoms with E-state index in [4.69, 9.17) is 9.97 Å². The number of alkyl halides is 6. The molecule has 10 heteroatoms. The lowest BCUT2D eigenvalue weighted by Crippen LogP contribution is -2.11. The summed E-state index contributed by atoms with van der Waals surface area (Å²) in [6.45, 7) is 0. The Morgan fingerprint density at radius 2 is 0.800 bits per heavy atom. The second-order valence-electron chi connectivity index (χ2n) is 17.1. The maximum Gasteiger partial charge on any atom is 0.417 e. The summed E-state index contributed by atoms with van der Waals surface area (Å²) in [6, 6.07) is 63.6. The van der Waals surface area contributed by atoms with Crippen molar-refractivity contribution < 1.29 is 26.3 Å². The van der Waals surface area contributed by atoms with Crippen LogP contribution in [0, 0.1) is 0 Å². The quantitative estimate of drug-likeness (QED) is 0.149. The molecule has 0 bridgehead atoms. The Kier molecular flexibility index (Phi) is 10.0. The van der Waals surface area contributed by atoms with Crippen LogP contribution in [0.15, 0.2) is 218 Å². The molecule has 0 aliphatic rings. The second-order valence-corrected chi connectivity index (χ2v) is 17.1. The first-order chi connectivity index (χ1) is 34.0. The van der Waals surface area contributed by atoms with E-state index in [1.165, 1.54) is 36.4 Å². The van der Waals surface area contributed by atoms with E-state index in [-0.39, 0.29) is 39.3 Å². The van der Waals surface area contributed by atoms with Gasteiger partial charge in [-0.15, -0.1) is 0 Å². The highest BCUT2D eigenvalue weighted by Gasteiger charge is 2.38. The Morgan fingerprint density at radius 1 is 0.343 bits per heavy atom. The van der Waals surface area contributed by atoms with Gasteiger partial charge in [-0.1, -0.05) is 158 Å². The Bertz CT molecular complexity index is 3830. The first-order valence-electron chi connectivity index (χ1n) is 22.6. The molecular weight excluding hydrogens is 891 g/mol. The lowest BCUT2D eigenvalue weighted by Gasteiger charge is -2.24. The number of halogens is 6. The first-order valence-corrected chi connectivity index (χ1v) is 22.6. The summed E-state index contributed by atoms with van der Waals surface area (Å²) in [5.41, 5.74) is 4.34. The summed E-state index contributed by atoms with van der Waals surface area (Å²) in [5, 5.41) is 3.44. The van der Waals surface area contributed by atoms with Crippen molar-refractivity contribution in [2.24, 2.45) is 0 Å². The van der Waals surface area contributed by atoms with Crippen LogP contribution < -0.4 is 0 Å². The normalized spacial score (nSPS) is 12.1. The van der Waals surface area contributed by atoms with Crippen molar-refractivity contribution >= 4 is 43.6 Å². The van der Waals surface area contributed by atoms with Crippen LogP contribution in [-0.4, -0.2) is 19.1 Å². The van der Waals surface area contributed by atoms with E-state index in [9.17, 15) is 0 Å². The molecule has 0 fully saturated rings. The molecule has 3 aromatic heterocycles. The van der Waals surface area contributed by atoms with Gasteiger partial charge in [-0.2, -0.15) is 26.3 Å². The summed E-state index contributed by atoms with van der Waals surface area (Å²) in [5.74, 6) is 0.111. The molecule has 0 atom stereocenters. The summed E-state index contributed by atoms with van der Waals surface area (Å²) < 4.78 is 97.4. The number of nitrogens with zero attached hydrogens (tertiary/aromatic N) is 4. The zero-order chi connectivity index (χ0) is 47.7. The van der Waals surface area contributed by atoms with Gasteiger partial charge in [0, 0.05) is 55.0 Å². The molecule has 70 heavy (non-hydrogen) atoms. The predicted octanol–water partition coefficient (Wildman–Crippen LogP) is 17.0. The molecular formula is C60H36F6N4. The van der Waals surface area contributed by atoms with Crippen molar-refractivity contribution in [3.63, 3.8) is 0 Å². The van der Waals surface area contributed by atoms with E-state index in [2.05, 4.69) is 10.6 Å². The fourth-order valence-corrected chi connectivity index (χ4v) is 10.0. The Morgan fingerprint density at radius 3 is 1.34 bits per heavy atom. The zero-order valence-corrected chi connectivity index (χ0v) is 36.8. The van der Waals surface area contributed by atoms with Crippen LogP contribution in [-0.2, 0) is 12.4 Å². The average Bonchev–Trinajstić information content (AvgIpc) is 3.91. The maximum absolute atomic E-state index is 15.6. The molecule has 4 nitrogen and oxygen atoms in total. The van der Waals surface area contributed by atoms with Gasteiger partial charge in [0.25, 0.3) is 0 Å².